The van der Waals surface area contributed by atoms with Gasteiger partial charge in [-0.2, -0.15) is 0 Å². The van der Waals surface area contributed by atoms with Crippen molar-refractivity contribution >= 4 is 17.3 Å². The van der Waals surface area contributed by atoms with E-state index in [1.165, 1.54) is 5.56 Å². The summed E-state index contributed by atoms with van der Waals surface area (Å²) >= 11 is 1.70. The van der Waals surface area contributed by atoms with E-state index in [0.29, 0.717) is 18.5 Å². The Balaban J connectivity index is 1.76. The highest BCUT2D eigenvalue weighted by molar-refractivity contribution is 7.09. The van der Waals surface area contributed by atoms with Crippen molar-refractivity contribution in [2.24, 2.45) is 4.99 Å². The molecule has 142 valence electrons. The fourth-order valence-electron chi connectivity index (χ4n) is 2.48. The van der Waals surface area contributed by atoms with Crippen molar-refractivity contribution in [2.75, 3.05) is 20.6 Å². The predicted molar refractivity (Wildman–Crippen MR) is 112 cm³/mol. The van der Waals surface area contributed by atoms with E-state index in [4.69, 9.17) is 0 Å². The number of aromatic nitrogens is 1. The average Bonchev–Trinajstić information content (AvgIpc) is 3.12. The van der Waals surface area contributed by atoms with Gasteiger partial charge in [0.05, 0.1) is 12.2 Å². The highest BCUT2D eigenvalue weighted by Crippen LogP contribution is 2.17. The fourth-order valence-corrected chi connectivity index (χ4v) is 3.37. The van der Waals surface area contributed by atoms with E-state index in [9.17, 15) is 0 Å². The van der Waals surface area contributed by atoms with Crippen LogP contribution < -0.4 is 10.6 Å². The Kier molecular flexibility index (Phi) is 8.06. The van der Waals surface area contributed by atoms with Gasteiger partial charge in [-0.25, -0.2) is 4.98 Å². The molecule has 1 aromatic carbocycles. The number of hydrogen-bond acceptors (Lipinski definition) is 4. The van der Waals surface area contributed by atoms with Gasteiger partial charge in [0, 0.05) is 31.6 Å². The summed E-state index contributed by atoms with van der Waals surface area (Å²) in [5.41, 5.74) is 2.49. The maximum atomic E-state index is 4.65. The lowest BCUT2D eigenvalue weighted by atomic mass is 10.2. The predicted octanol–water partition coefficient (Wildman–Crippen LogP) is 3.45. The summed E-state index contributed by atoms with van der Waals surface area (Å²) in [6.45, 7) is 9.02. The first-order valence-corrected chi connectivity index (χ1v) is 10.0. The molecule has 1 aromatic heterocycles. The molecule has 26 heavy (non-hydrogen) atoms. The second kappa shape index (κ2) is 10.3. The third-order valence-electron chi connectivity index (χ3n) is 4.38. The highest BCUT2D eigenvalue weighted by Gasteiger charge is 2.11. The van der Waals surface area contributed by atoms with Crippen LogP contribution in [-0.4, -0.2) is 42.5 Å². The third-order valence-corrected chi connectivity index (χ3v) is 5.25. The summed E-state index contributed by atoms with van der Waals surface area (Å²) in [7, 11) is 3.95. The van der Waals surface area contributed by atoms with Gasteiger partial charge in [-0.1, -0.05) is 44.2 Å². The maximum Gasteiger partial charge on any atom is 0.191 e. The molecule has 1 atom stereocenters. The van der Waals surface area contributed by atoms with Gasteiger partial charge >= 0.3 is 0 Å². The number of thiazole rings is 1. The van der Waals surface area contributed by atoms with Crippen LogP contribution in [0.2, 0.25) is 0 Å². The summed E-state index contributed by atoms with van der Waals surface area (Å²) in [6, 6.07) is 10.9. The van der Waals surface area contributed by atoms with Gasteiger partial charge in [0.2, 0.25) is 0 Å². The van der Waals surface area contributed by atoms with Crippen molar-refractivity contribution in [3.63, 3.8) is 0 Å². The van der Waals surface area contributed by atoms with Crippen LogP contribution in [0, 0.1) is 0 Å². The normalized spacial score (nSPS) is 13.3. The topological polar surface area (TPSA) is 52.6 Å². The Morgan fingerprint density at radius 2 is 1.92 bits per heavy atom. The first-order valence-electron chi connectivity index (χ1n) is 9.12. The summed E-state index contributed by atoms with van der Waals surface area (Å²) < 4.78 is 0. The average molecular weight is 374 g/mol. The molecule has 2 rings (SSSR count). The Morgan fingerprint density at radius 1 is 1.19 bits per heavy atom. The van der Waals surface area contributed by atoms with Gasteiger partial charge in [-0.05, 0) is 25.5 Å². The van der Waals surface area contributed by atoms with Gasteiger partial charge in [0.15, 0.2) is 5.96 Å². The van der Waals surface area contributed by atoms with Crippen LogP contribution in [0.1, 0.15) is 43.0 Å². The summed E-state index contributed by atoms with van der Waals surface area (Å²) in [5, 5.41) is 9.99. The third kappa shape index (κ3) is 6.42. The van der Waals surface area contributed by atoms with Gasteiger partial charge in [0.1, 0.15) is 5.01 Å². The van der Waals surface area contributed by atoms with E-state index >= 15 is 0 Å². The van der Waals surface area contributed by atoms with Crippen LogP contribution in [0.3, 0.4) is 0 Å². The molecule has 5 nitrogen and oxygen atoms in total. The molecule has 0 saturated heterocycles. The minimum atomic E-state index is 0.390. The van der Waals surface area contributed by atoms with Crippen molar-refractivity contribution in [3.8, 4) is 0 Å². The van der Waals surface area contributed by atoms with Crippen molar-refractivity contribution in [3.05, 3.63) is 52.0 Å². The molecule has 6 heteroatoms. The Hall–Kier alpha value is -1.92. The molecule has 0 aliphatic heterocycles. The Morgan fingerprint density at radius 3 is 2.54 bits per heavy atom. The number of hydrogen-bond donors (Lipinski definition) is 2. The Bertz CT molecular complexity index is 681. The smallest absolute Gasteiger partial charge is 0.191 e. The van der Waals surface area contributed by atoms with Crippen molar-refractivity contribution in [1.29, 1.82) is 0 Å². The largest absolute Gasteiger partial charge is 0.355 e. The first kappa shape index (κ1) is 20.4. The van der Waals surface area contributed by atoms with E-state index in [1.807, 2.05) is 0 Å². The van der Waals surface area contributed by atoms with Crippen LogP contribution in [0.5, 0.6) is 0 Å². The SMILES string of the molecule is CN=C(NCc1nc(C(C)C)cs1)NCC(C)N(C)Cc1ccccc1. The van der Waals surface area contributed by atoms with Crippen LogP contribution in [0.4, 0.5) is 0 Å². The lowest BCUT2D eigenvalue weighted by molar-refractivity contribution is 0.249. The standard InChI is InChI=1S/C20H31N5S/c1-15(2)18-14-26-19(24-18)12-23-20(21-4)22-11-16(3)25(5)13-17-9-7-6-8-10-17/h6-10,14-16H,11-13H2,1-5H3,(H2,21,22,23). The molecule has 0 amide bonds. The van der Waals surface area contributed by atoms with E-state index < -0.39 is 0 Å². The summed E-state index contributed by atoms with van der Waals surface area (Å²) in [5.74, 6) is 1.28. The number of aliphatic imine (C=N–C) groups is 1. The van der Waals surface area contributed by atoms with Crippen molar-refractivity contribution in [1.82, 2.24) is 20.5 Å². The van der Waals surface area contributed by atoms with Crippen LogP contribution in [-0.2, 0) is 13.1 Å². The zero-order valence-corrected chi connectivity index (χ0v) is 17.3. The molecule has 0 bridgehead atoms. The molecule has 2 aromatic rings. The number of benzene rings is 1. The maximum absolute atomic E-state index is 4.65. The molecule has 0 aliphatic rings. The van der Waals surface area contributed by atoms with Crippen LogP contribution >= 0.6 is 11.3 Å². The highest BCUT2D eigenvalue weighted by atomic mass is 32.1. The monoisotopic (exact) mass is 373 g/mol. The van der Waals surface area contributed by atoms with E-state index in [-0.39, 0.29) is 0 Å². The molecular formula is C20H31N5S. The molecule has 0 aliphatic carbocycles. The van der Waals surface area contributed by atoms with E-state index in [1.54, 1.807) is 18.4 Å². The summed E-state index contributed by atoms with van der Waals surface area (Å²) in [4.78, 5) is 11.3. The van der Waals surface area contributed by atoms with Gasteiger partial charge in [-0.3, -0.25) is 9.89 Å². The molecule has 2 N–H and O–H groups in total. The zero-order valence-electron chi connectivity index (χ0n) is 16.5. The molecule has 0 saturated carbocycles. The molecule has 0 radical (unpaired) electrons. The first-order chi connectivity index (χ1) is 12.5. The zero-order chi connectivity index (χ0) is 18.9. The van der Waals surface area contributed by atoms with Gasteiger partial charge in [0.25, 0.3) is 0 Å². The van der Waals surface area contributed by atoms with E-state index in [0.717, 1.165) is 29.8 Å². The molecule has 1 heterocycles. The molecule has 1 unspecified atom stereocenters. The van der Waals surface area contributed by atoms with Crippen molar-refractivity contribution in [2.45, 2.75) is 45.8 Å². The lowest BCUT2D eigenvalue weighted by Gasteiger charge is -2.25. The van der Waals surface area contributed by atoms with Crippen LogP contribution in [0.15, 0.2) is 40.7 Å². The quantitative estimate of drug-likeness (QED) is 0.550. The summed E-state index contributed by atoms with van der Waals surface area (Å²) in [6.07, 6.45) is 0. The van der Waals surface area contributed by atoms with Gasteiger partial charge in [-0.15, -0.1) is 11.3 Å². The second-order valence-electron chi connectivity index (χ2n) is 6.88. The minimum Gasteiger partial charge on any atom is -0.355 e. The number of guanidine groups is 1. The number of rotatable bonds is 8. The Labute approximate surface area is 161 Å². The van der Waals surface area contributed by atoms with E-state index in [2.05, 4.69) is 89.0 Å². The molecular weight excluding hydrogens is 342 g/mol. The number of likely N-dealkylation sites (N-methyl/N-ethyl adjacent to an activating group) is 1. The molecule has 0 fully saturated rings. The molecule has 0 spiro atoms. The second-order valence-corrected chi connectivity index (χ2v) is 7.82. The lowest BCUT2D eigenvalue weighted by Crippen LogP contribution is -2.44. The number of nitrogens with one attached hydrogen (secondary N) is 2. The minimum absolute atomic E-state index is 0.390. The van der Waals surface area contributed by atoms with Gasteiger partial charge < -0.3 is 10.6 Å². The fraction of sp³-hybridized carbons (Fsp3) is 0.500. The van der Waals surface area contributed by atoms with Crippen molar-refractivity contribution < 1.29 is 0 Å². The number of nitrogens with zero attached hydrogens (tertiary/aromatic N) is 3. The van der Waals surface area contributed by atoms with Crippen LogP contribution in [0.25, 0.3) is 0 Å².